The number of anilines is 1. The van der Waals surface area contributed by atoms with Gasteiger partial charge >= 0.3 is 6.18 Å². The minimum absolute atomic E-state index is 0.0203. The predicted molar refractivity (Wildman–Crippen MR) is 88.2 cm³/mol. The van der Waals surface area contributed by atoms with Crippen molar-refractivity contribution in [1.29, 1.82) is 0 Å². The van der Waals surface area contributed by atoms with Crippen molar-refractivity contribution >= 4 is 11.7 Å². The zero-order chi connectivity index (χ0) is 18.2. The van der Waals surface area contributed by atoms with E-state index in [4.69, 9.17) is 0 Å². The van der Waals surface area contributed by atoms with Gasteiger partial charge in [0.25, 0.3) is 0 Å². The summed E-state index contributed by atoms with van der Waals surface area (Å²) in [5, 5.41) is 7.55. The van der Waals surface area contributed by atoms with Gasteiger partial charge in [-0.25, -0.2) is 0 Å². The fourth-order valence-electron chi connectivity index (χ4n) is 3.95. The van der Waals surface area contributed by atoms with E-state index in [1.54, 1.807) is 9.58 Å². The van der Waals surface area contributed by atoms with Gasteiger partial charge in [0.15, 0.2) is 0 Å². The van der Waals surface area contributed by atoms with E-state index in [9.17, 15) is 18.0 Å². The summed E-state index contributed by atoms with van der Waals surface area (Å²) >= 11 is 0. The highest BCUT2D eigenvalue weighted by molar-refractivity contribution is 5.98. The lowest BCUT2D eigenvalue weighted by molar-refractivity contribution is -0.183. The zero-order valence-electron chi connectivity index (χ0n) is 14.6. The maximum Gasteiger partial charge on any atom is 0.391 e. The van der Waals surface area contributed by atoms with Gasteiger partial charge in [-0.15, -0.1) is 0 Å². The molecule has 1 aromatic rings. The van der Waals surface area contributed by atoms with Crippen molar-refractivity contribution in [3.05, 3.63) is 11.8 Å². The molecule has 1 saturated heterocycles. The molecule has 8 heteroatoms. The van der Waals surface area contributed by atoms with Gasteiger partial charge in [0, 0.05) is 19.7 Å². The Morgan fingerprint density at radius 2 is 1.92 bits per heavy atom. The third kappa shape index (κ3) is 3.99. The Bertz CT molecular complexity index is 620. The van der Waals surface area contributed by atoms with Crippen molar-refractivity contribution in [2.45, 2.75) is 51.2 Å². The Hall–Kier alpha value is -1.57. The van der Waals surface area contributed by atoms with Gasteiger partial charge in [0.05, 0.1) is 17.7 Å². The maximum atomic E-state index is 12.7. The summed E-state index contributed by atoms with van der Waals surface area (Å²) in [5.74, 6) is -0.121. The van der Waals surface area contributed by atoms with Gasteiger partial charge in [-0.3, -0.25) is 14.4 Å². The molecule has 140 valence electrons. The summed E-state index contributed by atoms with van der Waals surface area (Å²) in [6.07, 6.45) is -1.81. The van der Waals surface area contributed by atoms with Gasteiger partial charge in [0.1, 0.15) is 5.82 Å². The number of halogens is 3. The lowest BCUT2D eigenvalue weighted by Gasteiger charge is -2.30. The summed E-state index contributed by atoms with van der Waals surface area (Å²) in [4.78, 5) is 14.3. The van der Waals surface area contributed by atoms with Crippen LogP contribution in [0.5, 0.6) is 0 Å². The van der Waals surface area contributed by atoms with Crippen molar-refractivity contribution in [3.8, 4) is 0 Å². The quantitative estimate of drug-likeness (QED) is 0.900. The number of aromatic nitrogens is 2. The summed E-state index contributed by atoms with van der Waals surface area (Å²) in [5.41, 5.74) is 0.864. The third-order valence-electron chi connectivity index (χ3n) is 5.42. The molecule has 25 heavy (non-hydrogen) atoms. The first-order valence-electron chi connectivity index (χ1n) is 8.88. The molecule has 0 spiro atoms. The first-order valence-corrected chi connectivity index (χ1v) is 8.88. The lowest BCUT2D eigenvalue weighted by Crippen LogP contribution is -2.41. The SMILES string of the molecule is Cc1cc(N2CC[C@H](NCC3CCC(C(F)(F)F)CC3)C2=O)n(C)n1. The number of alkyl halides is 3. The number of amides is 1. The van der Waals surface area contributed by atoms with Crippen LogP contribution in [0.25, 0.3) is 0 Å². The molecule has 2 fully saturated rings. The van der Waals surface area contributed by atoms with Gasteiger partial charge in [-0.2, -0.15) is 18.3 Å². The van der Waals surface area contributed by atoms with Crippen molar-refractivity contribution in [1.82, 2.24) is 15.1 Å². The fourth-order valence-corrected chi connectivity index (χ4v) is 3.95. The molecule has 1 atom stereocenters. The second-order valence-corrected chi connectivity index (χ2v) is 7.27. The molecule has 1 amide bonds. The number of aryl methyl sites for hydroxylation is 2. The summed E-state index contributed by atoms with van der Waals surface area (Å²) in [6.45, 7) is 3.13. The largest absolute Gasteiger partial charge is 0.391 e. The van der Waals surface area contributed by atoms with E-state index in [-0.39, 0.29) is 30.7 Å². The van der Waals surface area contributed by atoms with Gasteiger partial charge in [-0.1, -0.05) is 0 Å². The van der Waals surface area contributed by atoms with E-state index in [1.165, 1.54) is 0 Å². The monoisotopic (exact) mass is 358 g/mol. The molecule has 3 rings (SSSR count). The smallest absolute Gasteiger partial charge is 0.306 e. The van der Waals surface area contributed by atoms with Crippen LogP contribution in [0.3, 0.4) is 0 Å². The number of carbonyl (C=O) groups is 1. The number of nitrogens with zero attached hydrogens (tertiary/aromatic N) is 3. The second-order valence-electron chi connectivity index (χ2n) is 7.27. The minimum atomic E-state index is -4.07. The lowest BCUT2D eigenvalue weighted by atomic mass is 9.81. The minimum Gasteiger partial charge on any atom is -0.306 e. The van der Waals surface area contributed by atoms with E-state index >= 15 is 0 Å². The van der Waals surface area contributed by atoms with Gasteiger partial charge in [-0.05, 0) is 51.5 Å². The van der Waals surface area contributed by atoms with Gasteiger partial charge < -0.3 is 5.32 Å². The average molecular weight is 358 g/mol. The topological polar surface area (TPSA) is 50.2 Å². The molecule has 0 bridgehead atoms. The maximum absolute atomic E-state index is 12.7. The molecule has 1 saturated carbocycles. The second kappa shape index (κ2) is 6.97. The van der Waals surface area contributed by atoms with Crippen LogP contribution in [0.15, 0.2) is 6.07 Å². The van der Waals surface area contributed by atoms with Crippen molar-refractivity contribution < 1.29 is 18.0 Å². The van der Waals surface area contributed by atoms with Crippen LogP contribution in [0, 0.1) is 18.8 Å². The molecule has 2 aliphatic rings. The Morgan fingerprint density at radius 1 is 1.24 bits per heavy atom. The van der Waals surface area contributed by atoms with E-state index in [0.29, 0.717) is 32.4 Å². The highest BCUT2D eigenvalue weighted by Crippen LogP contribution is 2.39. The molecule has 1 aliphatic carbocycles. The molecule has 1 aromatic heterocycles. The van der Waals surface area contributed by atoms with Crippen molar-refractivity contribution in [2.75, 3.05) is 18.0 Å². The average Bonchev–Trinajstić information content (AvgIpc) is 3.06. The highest BCUT2D eigenvalue weighted by Gasteiger charge is 2.41. The van der Waals surface area contributed by atoms with Crippen molar-refractivity contribution in [3.63, 3.8) is 0 Å². The van der Waals surface area contributed by atoms with E-state index < -0.39 is 12.1 Å². The van der Waals surface area contributed by atoms with Crippen LogP contribution >= 0.6 is 0 Å². The van der Waals surface area contributed by atoms with Crippen molar-refractivity contribution in [2.24, 2.45) is 18.9 Å². The Kier molecular flexibility index (Phi) is 5.09. The number of hydrogen-bond acceptors (Lipinski definition) is 3. The molecule has 0 radical (unpaired) electrons. The van der Waals surface area contributed by atoms with Crippen LogP contribution in [-0.4, -0.2) is 41.0 Å². The molecular weight excluding hydrogens is 333 g/mol. The summed E-state index contributed by atoms with van der Waals surface area (Å²) in [7, 11) is 1.81. The van der Waals surface area contributed by atoms with Crippen LogP contribution in [-0.2, 0) is 11.8 Å². The molecule has 0 aromatic carbocycles. The predicted octanol–water partition coefficient (Wildman–Crippen LogP) is 2.79. The Morgan fingerprint density at radius 3 is 2.48 bits per heavy atom. The first-order chi connectivity index (χ1) is 11.8. The van der Waals surface area contributed by atoms with E-state index in [1.807, 2.05) is 20.0 Å². The summed E-state index contributed by atoms with van der Waals surface area (Å²) in [6, 6.07) is 1.63. The standard InChI is InChI=1S/C17H25F3N4O/c1-11-9-15(23(2)22-11)24-8-7-14(16(24)25)21-10-12-3-5-13(6-4-12)17(18,19)20/h9,12-14,21H,3-8,10H2,1-2H3/t12?,13?,14-/m0/s1. The molecule has 0 unspecified atom stereocenters. The van der Waals surface area contributed by atoms with E-state index in [0.717, 1.165) is 11.5 Å². The fraction of sp³-hybridized carbons (Fsp3) is 0.765. The van der Waals surface area contributed by atoms with Crippen LogP contribution < -0.4 is 10.2 Å². The third-order valence-corrected chi connectivity index (χ3v) is 5.42. The molecule has 5 nitrogen and oxygen atoms in total. The Balaban J connectivity index is 1.49. The van der Waals surface area contributed by atoms with Crippen LogP contribution in [0.4, 0.5) is 19.0 Å². The molecule has 2 heterocycles. The van der Waals surface area contributed by atoms with E-state index in [2.05, 4.69) is 10.4 Å². The zero-order valence-corrected chi connectivity index (χ0v) is 14.6. The van der Waals surface area contributed by atoms with Crippen LogP contribution in [0.1, 0.15) is 37.8 Å². The number of rotatable bonds is 4. The van der Waals surface area contributed by atoms with Gasteiger partial charge in [0.2, 0.25) is 5.91 Å². The number of nitrogens with one attached hydrogen (secondary N) is 1. The first kappa shape index (κ1) is 18.2. The molecular formula is C17H25F3N4O. The molecule has 1 N–H and O–H groups in total. The molecule has 1 aliphatic heterocycles. The Labute approximate surface area is 145 Å². The summed E-state index contributed by atoms with van der Waals surface area (Å²) < 4.78 is 39.9. The van der Waals surface area contributed by atoms with Crippen LogP contribution in [0.2, 0.25) is 0 Å². The highest BCUT2D eigenvalue weighted by atomic mass is 19.4. The number of hydrogen-bond donors (Lipinski definition) is 1. The normalized spacial score (nSPS) is 28.0. The number of carbonyl (C=O) groups excluding carboxylic acids is 1.